The van der Waals surface area contributed by atoms with Gasteiger partial charge >= 0.3 is 0 Å². The summed E-state index contributed by atoms with van der Waals surface area (Å²) in [5, 5.41) is 8.85. The van der Waals surface area contributed by atoms with Crippen LogP contribution in [0.5, 0.6) is 0 Å². The Morgan fingerprint density at radius 3 is 2.82 bits per heavy atom. The fourth-order valence-corrected chi connectivity index (χ4v) is 1.01. The number of unbranched alkanes of at least 4 members (excludes halogenated alkanes) is 1. The fraction of sp³-hybridized carbons (Fsp3) is 0.778. The first-order chi connectivity index (χ1) is 5.35. The maximum Gasteiger partial charge on any atom is 0.0512 e. The third-order valence-electron chi connectivity index (χ3n) is 1.68. The average molecular weight is 158 g/mol. The van der Waals surface area contributed by atoms with Crippen LogP contribution in [0.4, 0.5) is 0 Å². The van der Waals surface area contributed by atoms with Crippen LogP contribution in [0.3, 0.4) is 0 Å². The molecule has 0 aromatic rings. The van der Waals surface area contributed by atoms with Crippen molar-refractivity contribution in [1.29, 1.82) is 0 Å². The van der Waals surface area contributed by atoms with Gasteiger partial charge in [0.2, 0.25) is 0 Å². The average Bonchev–Trinajstić information content (AvgIpc) is 2.03. The molecule has 11 heavy (non-hydrogen) atoms. The van der Waals surface area contributed by atoms with Crippen molar-refractivity contribution in [1.82, 2.24) is 0 Å². The number of rotatable bonds is 7. The first-order valence-electron chi connectivity index (χ1n) is 4.05. The number of ether oxygens (including phenoxy) is 1. The number of hydrogen-bond donors (Lipinski definition) is 1. The van der Waals surface area contributed by atoms with Crippen LogP contribution >= 0.6 is 0 Å². The van der Waals surface area contributed by atoms with E-state index in [0.29, 0.717) is 12.5 Å². The summed E-state index contributed by atoms with van der Waals surface area (Å²) in [4.78, 5) is 0. The molecule has 0 radical (unpaired) electrons. The lowest BCUT2D eigenvalue weighted by Gasteiger charge is -2.11. The molecule has 1 N–H and O–H groups in total. The number of aliphatic hydroxyl groups is 1. The van der Waals surface area contributed by atoms with E-state index in [0.717, 1.165) is 19.3 Å². The molecule has 0 spiro atoms. The highest BCUT2D eigenvalue weighted by Crippen LogP contribution is 2.07. The van der Waals surface area contributed by atoms with Gasteiger partial charge in [-0.05, 0) is 19.3 Å². The van der Waals surface area contributed by atoms with Crippen molar-refractivity contribution in [2.75, 3.05) is 20.3 Å². The van der Waals surface area contributed by atoms with Crippen molar-refractivity contribution in [3.8, 4) is 0 Å². The molecular weight excluding hydrogens is 140 g/mol. The summed E-state index contributed by atoms with van der Waals surface area (Å²) in [5.74, 6) is 0.306. The molecular formula is C9H18O2. The van der Waals surface area contributed by atoms with Gasteiger partial charge in [-0.3, -0.25) is 0 Å². The zero-order chi connectivity index (χ0) is 8.53. The second-order valence-electron chi connectivity index (χ2n) is 2.72. The highest BCUT2D eigenvalue weighted by Gasteiger charge is 2.04. The summed E-state index contributed by atoms with van der Waals surface area (Å²) < 4.78 is 4.94. The van der Waals surface area contributed by atoms with Crippen molar-refractivity contribution < 1.29 is 9.84 Å². The van der Waals surface area contributed by atoms with Gasteiger partial charge in [0, 0.05) is 19.6 Å². The van der Waals surface area contributed by atoms with Crippen LogP contribution < -0.4 is 0 Å². The quantitative estimate of drug-likeness (QED) is 0.450. The number of allylic oxidation sites excluding steroid dienone is 1. The molecule has 0 aliphatic carbocycles. The summed E-state index contributed by atoms with van der Waals surface area (Å²) in [7, 11) is 1.66. The summed E-state index contributed by atoms with van der Waals surface area (Å²) in [6.07, 6.45) is 5.05. The minimum Gasteiger partial charge on any atom is -0.396 e. The van der Waals surface area contributed by atoms with Crippen molar-refractivity contribution in [2.24, 2.45) is 5.92 Å². The molecule has 0 aromatic heterocycles. The van der Waals surface area contributed by atoms with Gasteiger partial charge in [0.15, 0.2) is 0 Å². The maximum atomic E-state index is 8.85. The van der Waals surface area contributed by atoms with Crippen molar-refractivity contribution >= 4 is 0 Å². The molecule has 0 amide bonds. The van der Waals surface area contributed by atoms with E-state index in [1.807, 2.05) is 6.08 Å². The number of methoxy groups -OCH3 is 1. The molecule has 1 unspecified atom stereocenters. The Morgan fingerprint density at radius 1 is 1.64 bits per heavy atom. The highest BCUT2D eigenvalue weighted by molar-refractivity contribution is 4.67. The van der Waals surface area contributed by atoms with E-state index < -0.39 is 0 Å². The summed E-state index contributed by atoms with van der Waals surface area (Å²) >= 11 is 0. The van der Waals surface area contributed by atoms with Gasteiger partial charge < -0.3 is 9.84 Å². The second-order valence-corrected chi connectivity index (χ2v) is 2.72. The molecule has 2 nitrogen and oxygen atoms in total. The lowest BCUT2D eigenvalue weighted by molar-refractivity contribution is 0.104. The molecule has 0 rings (SSSR count). The lowest BCUT2D eigenvalue weighted by atomic mass is 10.0. The normalized spacial score (nSPS) is 12.9. The third kappa shape index (κ3) is 6.07. The van der Waals surface area contributed by atoms with Crippen molar-refractivity contribution in [2.45, 2.75) is 19.3 Å². The molecule has 0 fully saturated rings. The largest absolute Gasteiger partial charge is 0.396 e. The predicted octanol–water partition coefficient (Wildman–Crippen LogP) is 1.60. The fourth-order valence-electron chi connectivity index (χ4n) is 1.01. The van der Waals surface area contributed by atoms with Crippen molar-refractivity contribution in [3.63, 3.8) is 0 Å². The summed E-state index contributed by atoms with van der Waals surface area (Å²) in [6, 6.07) is 0. The van der Waals surface area contributed by atoms with E-state index in [9.17, 15) is 0 Å². The predicted molar refractivity (Wildman–Crippen MR) is 46.5 cm³/mol. The Morgan fingerprint density at radius 2 is 2.36 bits per heavy atom. The van der Waals surface area contributed by atoms with Crippen LogP contribution in [-0.4, -0.2) is 25.4 Å². The standard InChI is InChI=1S/C9H18O2/c1-3-4-5-6-9(7-10)8-11-2/h3,9-10H,1,4-8H2,2H3. The van der Waals surface area contributed by atoms with E-state index in [2.05, 4.69) is 6.58 Å². The van der Waals surface area contributed by atoms with Crippen LogP contribution in [0.2, 0.25) is 0 Å². The van der Waals surface area contributed by atoms with Gasteiger partial charge in [0.1, 0.15) is 0 Å². The molecule has 1 atom stereocenters. The zero-order valence-electron chi connectivity index (χ0n) is 7.25. The van der Waals surface area contributed by atoms with Gasteiger partial charge in [0.25, 0.3) is 0 Å². The Bertz CT molecular complexity index is 91.6. The molecule has 0 aliphatic heterocycles. The number of aliphatic hydroxyl groups excluding tert-OH is 1. The van der Waals surface area contributed by atoms with E-state index in [-0.39, 0.29) is 6.61 Å². The first kappa shape index (κ1) is 10.7. The van der Waals surface area contributed by atoms with Gasteiger partial charge in [-0.25, -0.2) is 0 Å². The Hall–Kier alpha value is -0.340. The van der Waals surface area contributed by atoms with Crippen LogP contribution in [0.1, 0.15) is 19.3 Å². The Balaban J connectivity index is 3.27. The molecule has 0 aromatic carbocycles. The van der Waals surface area contributed by atoms with Crippen LogP contribution in [0.25, 0.3) is 0 Å². The third-order valence-corrected chi connectivity index (χ3v) is 1.68. The smallest absolute Gasteiger partial charge is 0.0512 e. The SMILES string of the molecule is C=CCCCC(CO)COC. The van der Waals surface area contributed by atoms with E-state index in [1.54, 1.807) is 7.11 Å². The zero-order valence-corrected chi connectivity index (χ0v) is 7.25. The maximum absolute atomic E-state index is 8.85. The first-order valence-corrected chi connectivity index (χ1v) is 4.05. The van der Waals surface area contributed by atoms with Crippen LogP contribution in [-0.2, 0) is 4.74 Å². The monoisotopic (exact) mass is 158 g/mol. The highest BCUT2D eigenvalue weighted by atomic mass is 16.5. The topological polar surface area (TPSA) is 29.5 Å². The molecule has 0 heterocycles. The van der Waals surface area contributed by atoms with Gasteiger partial charge in [0.05, 0.1) is 6.61 Å². The van der Waals surface area contributed by atoms with E-state index >= 15 is 0 Å². The summed E-state index contributed by atoms with van der Waals surface area (Å²) in [6.45, 7) is 4.52. The Labute approximate surface area is 68.9 Å². The molecule has 0 bridgehead atoms. The minimum absolute atomic E-state index is 0.227. The summed E-state index contributed by atoms with van der Waals surface area (Å²) in [5.41, 5.74) is 0. The second kappa shape index (κ2) is 7.76. The van der Waals surface area contributed by atoms with Crippen LogP contribution in [0, 0.1) is 5.92 Å². The van der Waals surface area contributed by atoms with Crippen molar-refractivity contribution in [3.05, 3.63) is 12.7 Å². The number of hydrogen-bond acceptors (Lipinski definition) is 2. The van der Waals surface area contributed by atoms with E-state index in [4.69, 9.17) is 9.84 Å². The minimum atomic E-state index is 0.227. The Kier molecular flexibility index (Phi) is 7.52. The molecule has 0 saturated carbocycles. The van der Waals surface area contributed by atoms with Gasteiger partial charge in [-0.2, -0.15) is 0 Å². The molecule has 0 aliphatic rings. The van der Waals surface area contributed by atoms with Crippen LogP contribution in [0.15, 0.2) is 12.7 Å². The van der Waals surface area contributed by atoms with E-state index in [1.165, 1.54) is 0 Å². The molecule has 66 valence electrons. The van der Waals surface area contributed by atoms with Gasteiger partial charge in [-0.1, -0.05) is 6.08 Å². The molecule has 0 saturated heterocycles. The lowest BCUT2D eigenvalue weighted by Crippen LogP contribution is -2.12. The molecule has 2 heteroatoms. The van der Waals surface area contributed by atoms with Gasteiger partial charge in [-0.15, -0.1) is 6.58 Å².